The minimum absolute atomic E-state index is 0.335. The van der Waals surface area contributed by atoms with Crippen LogP contribution in [0, 0.1) is 0 Å². The summed E-state index contributed by atoms with van der Waals surface area (Å²) < 4.78 is 5.47. The number of hydrogen-bond acceptors (Lipinski definition) is 3. The number of aromatic nitrogens is 1. The van der Waals surface area contributed by atoms with Gasteiger partial charge >= 0.3 is 0 Å². The van der Waals surface area contributed by atoms with Gasteiger partial charge in [0.1, 0.15) is 0 Å². The van der Waals surface area contributed by atoms with Crippen molar-refractivity contribution in [3.05, 3.63) is 24.5 Å². The molecule has 2 rings (SSSR count). The molecule has 3 nitrogen and oxygen atoms in total. The number of nitrogens with zero attached hydrogens (tertiary/aromatic N) is 2. The van der Waals surface area contributed by atoms with E-state index >= 15 is 0 Å². The first kappa shape index (κ1) is 8.51. The SMILES string of the molecule is C[C@@H]1CN(c2ccncc2)CCO1. The molecule has 13 heavy (non-hydrogen) atoms. The van der Waals surface area contributed by atoms with Crippen LogP contribution in [0.2, 0.25) is 0 Å². The lowest BCUT2D eigenvalue weighted by Crippen LogP contribution is -2.41. The summed E-state index contributed by atoms with van der Waals surface area (Å²) in [5, 5.41) is 0. The van der Waals surface area contributed by atoms with Crippen LogP contribution in [0.4, 0.5) is 5.69 Å². The van der Waals surface area contributed by atoms with Crippen molar-refractivity contribution in [3.8, 4) is 0 Å². The maximum absolute atomic E-state index is 5.47. The van der Waals surface area contributed by atoms with Crippen molar-refractivity contribution in [2.45, 2.75) is 13.0 Å². The molecule has 1 fully saturated rings. The number of ether oxygens (including phenoxy) is 1. The molecule has 1 atom stereocenters. The first-order valence-corrected chi connectivity index (χ1v) is 4.63. The van der Waals surface area contributed by atoms with E-state index in [1.165, 1.54) is 5.69 Å². The molecule has 1 aromatic rings. The van der Waals surface area contributed by atoms with Crippen LogP contribution in [0.3, 0.4) is 0 Å². The maximum atomic E-state index is 5.47. The molecule has 0 bridgehead atoms. The van der Waals surface area contributed by atoms with Crippen molar-refractivity contribution in [1.29, 1.82) is 0 Å². The van der Waals surface area contributed by atoms with Crippen LogP contribution in [0.5, 0.6) is 0 Å². The van der Waals surface area contributed by atoms with E-state index in [9.17, 15) is 0 Å². The van der Waals surface area contributed by atoms with Gasteiger partial charge in [-0.2, -0.15) is 0 Å². The average molecular weight is 178 g/mol. The quantitative estimate of drug-likeness (QED) is 0.648. The number of pyridine rings is 1. The fourth-order valence-corrected chi connectivity index (χ4v) is 1.61. The van der Waals surface area contributed by atoms with Gasteiger partial charge < -0.3 is 9.64 Å². The Morgan fingerprint density at radius 1 is 1.46 bits per heavy atom. The highest BCUT2D eigenvalue weighted by molar-refractivity contribution is 5.44. The van der Waals surface area contributed by atoms with Crippen molar-refractivity contribution >= 4 is 5.69 Å². The van der Waals surface area contributed by atoms with Gasteiger partial charge in [0, 0.05) is 31.2 Å². The average Bonchev–Trinajstić information content (AvgIpc) is 2.19. The normalized spacial score (nSPS) is 23.2. The van der Waals surface area contributed by atoms with E-state index in [1.54, 1.807) is 0 Å². The zero-order valence-electron chi connectivity index (χ0n) is 7.81. The minimum Gasteiger partial charge on any atom is -0.375 e. The highest BCUT2D eigenvalue weighted by Crippen LogP contribution is 2.15. The summed E-state index contributed by atoms with van der Waals surface area (Å²) in [6, 6.07) is 4.08. The molecule has 2 heterocycles. The third-order valence-corrected chi connectivity index (χ3v) is 2.27. The van der Waals surface area contributed by atoms with Gasteiger partial charge in [0.05, 0.1) is 12.7 Å². The van der Waals surface area contributed by atoms with Crippen LogP contribution in [0.15, 0.2) is 24.5 Å². The van der Waals surface area contributed by atoms with Crippen LogP contribution >= 0.6 is 0 Å². The number of morpholine rings is 1. The van der Waals surface area contributed by atoms with E-state index in [0.717, 1.165) is 19.7 Å². The molecule has 1 aromatic heterocycles. The van der Waals surface area contributed by atoms with Gasteiger partial charge in [0.25, 0.3) is 0 Å². The third kappa shape index (κ3) is 1.98. The summed E-state index contributed by atoms with van der Waals surface area (Å²) in [5.74, 6) is 0. The molecule has 0 radical (unpaired) electrons. The monoisotopic (exact) mass is 178 g/mol. The van der Waals surface area contributed by atoms with Gasteiger partial charge in [0.2, 0.25) is 0 Å². The van der Waals surface area contributed by atoms with Crippen LogP contribution in [0.1, 0.15) is 6.92 Å². The lowest BCUT2D eigenvalue weighted by molar-refractivity contribution is 0.0532. The van der Waals surface area contributed by atoms with Crippen LogP contribution in [-0.4, -0.2) is 30.8 Å². The van der Waals surface area contributed by atoms with Crippen molar-refractivity contribution in [3.63, 3.8) is 0 Å². The zero-order chi connectivity index (χ0) is 9.10. The van der Waals surface area contributed by atoms with E-state index in [4.69, 9.17) is 4.74 Å². The van der Waals surface area contributed by atoms with Crippen LogP contribution in [0.25, 0.3) is 0 Å². The van der Waals surface area contributed by atoms with Crippen molar-refractivity contribution < 1.29 is 4.74 Å². The predicted molar refractivity (Wildman–Crippen MR) is 51.9 cm³/mol. The molecule has 3 heteroatoms. The Kier molecular flexibility index (Phi) is 2.45. The molecule has 70 valence electrons. The lowest BCUT2D eigenvalue weighted by Gasteiger charge is -2.32. The Balaban J connectivity index is 2.08. The number of hydrogen-bond donors (Lipinski definition) is 0. The maximum Gasteiger partial charge on any atom is 0.0722 e. The predicted octanol–water partition coefficient (Wildman–Crippen LogP) is 1.31. The molecule has 1 saturated heterocycles. The highest BCUT2D eigenvalue weighted by atomic mass is 16.5. The molecule has 1 aliphatic heterocycles. The zero-order valence-corrected chi connectivity index (χ0v) is 7.81. The van der Waals surface area contributed by atoms with Crippen LogP contribution in [-0.2, 0) is 4.74 Å². The Morgan fingerprint density at radius 2 is 2.23 bits per heavy atom. The Labute approximate surface area is 78.3 Å². The minimum atomic E-state index is 0.335. The summed E-state index contributed by atoms with van der Waals surface area (Å²) in [7, 11) is 0. The molecular weight excluding hydrogens is 164 g/mol. The van der Waals surface area contributed by atoms with E-state index in [1.807, 2.05) is 24.5 Å². The molecule has 0 amide bonds. The second kappa shape index (κ2) is 3.75. The molecule has 0 N–H and O–H groups in total. The second-order valence-corrected chi connectivity index (χ2v) is 3.33. The lowest BCUT2D eigenvalue weighted by atomic mass is 10.2. The van der Waals surface area contributed by atoms with Gasteiger partial charge in [-0.3, -0.25) is 4.98 Å². The van der Waals surface area contributed by atoms with E-state index in [0.29, 0.717) is 6.10 Å². The first-order chi connectivity index (χ1) is 6.36. The van der Waals surface area contributed by atoms with Gasteiger partial charge in [-0.05, 0) is 19.1 Å². The van der Waals surface area contributed by atoms with Crippen LogP contribution < -0.4 is 4.90 Å². The summed E-state index contributed by atoms with van der Waals surface area (Å²) in [6.45, 7) is 4.88. The van der Waals surface area contributed by atoms with Gasteiger partial charge in [-0.1, -0.05) is 0 Å². The Hall–Kier alpha value is -1.09. The summed E-state index contributed by atoms with van der Waals surface area (Å²) >= 11 is 0. The summed E-state index contributed by atoms with van der Waals surface area (Å²) in [5.41, 5.74) is 1.24. The number of rotatable bonds is 1. The van der Waals surface area contributed by atoms with E-state index in [2.05, 4.69) is 16.8 Å². The largest absolute Gasteiger partial charge is 0.375 e. The highest BCUT2D eigenvalue weighted by Gasteiger charge is 2.16. The van der Waals surface area contributed by atoms with E-state index < -0.39 is 0 Å². The van der Waals surface area contributed by atoms with Crippen molar-refractivity contribution in [1.82, 2.24) is 4.98 Å². The molecule has 0 unspecified atom stereocenters. The molecule has 1 aliphatic rings. The molecular formula is C10H14N2O. The Morgan fingerprint density at radius 3 is 2.92 bits per heavy atom. The molecule has 0 saturated carbocycles. The molecule has 0 aromatic carbocycles. The summed E-state index contributed by atoms with van der Waals surface area (Å²) in [6.07, 6.45) is 3.99. The fraction of sp³-hybridized carbons (Fsp3) is 0.500. The summed E-state index contributed by atoms with van der Waals surface area (Å²) in [4.78, 5) is 6.33. The Bertz CT molecular complexity index is 263. The topological polar surface area (TPSA) is 25.4 Å². The smallest absolute Gasteiger partial charge is 0.0722 e. The first-order valence-electron chi connectivity index (χ1n) is 4.63. The third-order valence-electron chi connectivity index (χ3n) is 2.27. The van der Waals surface area contributed by atoms with Gasteiger partial charge in [-0.15, -0.1) is 0 Å². The van der Waals surface area contributed by atoms with Gasteiger partial charge in [-0.25, -0.2) is 0 Å². The van der Waals surface area contributed by atoms with Crippen molar-refractivity contribution in [2.75, 3.05) is 24.6 Å². The van der Waals surface area contributed by atoms with Crippen molar-refractivity contribution in [2.24, 2.45) is 0 Å². The second-order valence-electron chi connectivity index (χ2n) is 3.33. The van der Waals surface area contributed by atoms with Gasteiger partial charge in [0.15, 0.2) is 0 Å². The fourth-order valence-electron chi connectivity index (χ4n) is 1.61. The molecule has 0 aliphatic carbocycles. The molecule has 0 spiro atoms. The van der Waals surface area contributed by atoms with E-state index in [-0.39, 0.29) is 0 Å². The standard InChI is InChI=1S/C10H14N2O/c1-9-8-12(6-7-13-9)10-2-4-11-5-3-10/h2-5,9H,6-8H2,1H3/t9-/m1/s1. The number of anilines is 1.